The number of hydrogen-bond acceptors (Lipinski definition) is 4. The lowest BCUT2D eigenvalue weighted by Gasteiger charge is -2.20. The molecule has 1 saturated carbocycles. The zero-order chi connectivity index (χ0) is 15.8. The third-order valence-corrected chi connectivity index (χ3v) is 4.25. The number of aliphatic carboxylic acids is 1. The number of nitrogens with zero attached hydrogens (tertiary/aromatic N) is 2. The molecule has 0 aliphatic heterocycles. The monoisotopic (exact) mass is 295 g/mol. The van der Waals surface area contributed by atoms with Gasteiger partial charge in [0.05, 0.1) is 24.0 Å². The third kappa shape index (κ3) is 2.59. The molecule has 1 amide bonds. The number of aromatic nitrogens is 2. The lowest BCUT2D eigenvalue weighted by Crippen LogP contribution is -2.37. The fourth-order valence-corrected chi connectivity index (χ4v) is 2.89. The van der Waals surface area contributed by atoms with Gasteiger partial charge in [0.25, 0.3) is 0 Å². The minimum atomic E-state index is -0.905. The Morgan fingerprint density at radius 3 is 2.76 bits per heavy atom. The zero-order valence-corrected chi connectivity index (χ0v) is 12.7. The molecule has 0 unspecified atom stereocenters. The molecule has 0 saturated heterocycles. The first-order valence-corrected chi connectivity index (χ1v) is 6.90. The summed E-state index contributed by atoms with van der Waals surface area (Å²) in [5.74, 6) is -1.27. The topological polar surface area (TPSA) is 93.5 Å². The van der Waals surface area contributed by atoms with Crippen LogP contribution in [0, 0.1) is 17.3 Å². The molecule has 1 aliphatic carbocycles. The highest BCUT2D eigenvalue weighted by molar-refractivity contribution is 5.93. The molecule has 7 nitrogen and oxygen atoms in total. The number of nitrogens with one attached hydrogen (secondary N) is 1. The predicted octanol–water partition coefficient (Wildman–Crippen LogP) is 0.792. The highest BCUT2D eigenvalue weighted by Crippen LogP contribution is 2.58. The Bertz CT molecular complexity index is 567. The van der Waals surface area contributed by atoms with Crippen molar-refractivity contribution in [2.75, 3.05) is 7.11 Å². The molecule has 1 aromatic rings. The van der Waals surface area contributed by atoms with Gasteiger partial charge in [-0.3, -0.25) is 14.3 Å². The fraction of sp³-hybridized carbons (Fsp3) is 0.643. The Balaban J connectivity index is 2.06. The van der Waals surface area contributed by atoms with Gasteiger partial charge < -0.3 is 15.2 Å². The summed E-state index contributed by atoms with van der Waals surface area (Å²) in [5, 5.41) is 16.1. The molecule has 1 fully saturated rings. The molecule has 2 atom stereocenters. The molecule has 1 aromatic heterocycles. The van der Waals surface area contributed by atoms with Crippen LogP contribution < -0.4 is 10.1 Å². The van der Waals surface area contributed by atoms with Crippen molar-refractivity contribution in [2.45, 2.75) is 26.8 Å². The van der Waals surface area contributed by atoms with Gasteiger partial charge in [-0.25, -0.2) is 0 Å². The minimum Gasteiger partial charge on any atom is -0.481 e. The van der Waals surface area contributed by atoms with Crippen molar-refractivity contribution in [3.63, 3.8) is 0 Å². The highest BCUT2D eigenvalue weighted by atomic mass is 16.5. The van der Waals surface area contributed by atoms with Crippen LogP contribution in [0.4, 0.5) is 0 Å². The van der Waals surface area contributed by atoms with Crippen LogP contribution in [0.25, 0.3) is 0 Å². The lowest BCUT2D eigenvalue weighted by atomic mass is 9.88. The van der Waals surface area contributed by atoms with E-state index in [1.807, 2.05) is 13.8 Å². The van der Waals surface area contributed by atoms with E-state index in [2.05, 4.69) is 10.4 Å². The van der Waals surface area contributed by atoms with Crippen molar-refractivity contribution in [1.82, 2.24) is 15.1 Å². The fourth-order valence-electron chi connectivity index (χ4n) is 2.89. The Labute approximate surface area is 123 Å². The number of carboxylic acid groups (broad SMARTS) is 1. The summed E-state index contributed by atoms with van der Waals surface area (Å²) < 4.78 is 6.74. The van der Waals surface area contributed by atoms with Crippen molar-refractivity contribution in [1.29, 1.82) is 0 Å². The molecule has 1 heterocycles. The van der Waals surface area contributed by atoms with E-state index in [1.165, 1.54) is 7.11 Å². The number of rotatable bonds is 6. The van der Waals surface area contributed by atoms with Crippen LogP contribution in [0.1, 0.15) is 25.8 Å². The molecule has 0 bridgehead atoms. The van der Waals surface area contributed by atoms with Crippen molar-refractivity contribution in [3.8, 4) is 5.88 Å². The van der Waals surface area contributed by atoms with Gasteiger partial charge >= 0.3 is 5.97 Å². The predicted molar refractivity (Wildman–Crippen MR) is 74.6 cm³/mol. The number of carbonyl (C=O) groups excluding carboxylic acids is 1. The van der Waals surface area contributed by atoms with Crippen LogP contribution >= 0.6 is 0 Å². The molecule has 2 rings (SSSR count). The van der Waals surface area contributed by atoms with E-state index in [1.54, 1.807) is 17.9 Å². The quantitative estimate of drug-likeness (QED) is 0.809. The van der Waals surface area contributed by atoms with Gasteiger partial charge in [-0.05, 0) is 12.3 Å². The Hall–Kier alpha value is -2.05. The SMILES string of the molecule is COc1nn(C)cc1CNC(=O)[C@]1(C(C)C)C[C@@H]1C(=O)O. The largest absolute Gasteiger partial charge is 0.481 e. The first-order valence-electron chi connectivity index (χ1n) is 6.90. The summed E-state index contributed by atoms with van der Waals surface area (Å²) in [6, 6.07) is 0. The van der Waals surface area contributed by atoms with E-state index in [4.69, 9.17) is 9.84 Å². The number of amides is 1. The van der Waals surface area contributed by atoms with Crippen LogP contribution in [-0.2, 0) is 23.2 Å². The van der Waals surface area contributed by atoms with Gasteiger partial charge in [-0.1, -0.05) is 13.8 Å². The summed E-state index contributed by atoms with van der Waals surface area (Å²) in [5.41, 5.74) is -0.0267. The number of methoxy groups -OCH3 is 1. The Morgan fingerprint density at radius 1 is 1.62 bits per heavy atom. The Kier molecular flexibility index (Phi) is 3.93. The number of aryl methyl sites for hydroxylation is 1. The van der Waals surface area contributed by atoms with Gasteiger partial charge in [0.2, 0.25) is 11.8 Å². The maximum Gasteiger partial charge on any atom is 0.307 e. The standard InChI is InChI=1S/C14H21N3O4/c1-8(2)14(5-10(14)12(18)19)13(20)15-6-9-7-17(3)16-11(9)21-4/h7-8,10H,5-6H2,1-4H3,(H,15,20)(H,18,19)/t10-,14+/m1/s1. The van der Waals surface area contributed by atoms with Crippen LogP contribution in [0.15, 0.2) is 6.20 Å². The van der Waals surface area contributed by atoms with Gasteiger partial charge in [0.15, 0.2) is 0 Å². The maximum absolute atomic E-state index is 12.4. The molecule has 0 spiro atoms. The highest BCUT2D eigenvalue weighted by Gasteiger charge is 2.65. The number of carbonyl (C=O) groups is 2. The van der Waals surface area contributed by atoms with Crippen LogP contribution in [0.5, 0.6) is 5.88 Å². The molecular formula is C14H21N3O4. The van der Waals surface area contributed by atoms with Gasteiger partial charge in [-0.2, -0.15) is 0 Å². The van der Waals surface area contributed by atoms with E-state index in [0.717, 1.165) is 5.56 Å². The van der Waals surface area contributed by atoms with Crippen LogP contribution in [0.3, 0.4) is 0 Å². The smallest absolute Gasteiger partial charge is 0.307 e. The van der Waals surface area contributed by atoms with Gasteiger partial charge in [0.1, 0.15) is 0 Å². The van der Waals surface area contributed by atoms with E-state index >= 15 is 0 Å². The molecule has 7 heteroatoms. The van der Waals surface area contributed by atoms with E-state index < -0.39 is 17.3 Å². The van der Waals surface area contributed by atoms with Crippen LogP contribution in [-0.4, -0.2) is 33.9 Å². The zero-order valence-electron chi connectivity index (χ0n) is 12.7. The molecule has 1 aliphatic rings. The second-order valence-electron chi connectivity index (χ2n) is 5.81. The summed E-state index contributed by atoms with van der Waals surface area (Å²) in [6.07, 6.45) is 2.17. The second kappa shape index (κ2) is 5.38. The Morgan fingerprint density at radius 2 is 2.29 bits per heavy atom. The van der Waals surface area contributed by atoms with E-state index in [0.29, 0.717) is 12.3 Å². The minimum absolute atomic E-state index is 0.0191. The number of ether oxygens (including phenoxy) is 1. The maximum atomic E-state index is 12.4. The first-order chi connectivity index (χ1) is 9.82. The van der Waals surface area contributed by atoms with E-state index in [9.17, 15) is 9.59 Å². The van der Waals surface area contributed by atoms with Crippen molar-refractivity contribution >= 4 is 11.9 Å². The number of hydrogen-bond donors (Lipinski definition) is 2. The average Bonchev–Trinajstić information content (AvgIpc) is 3.09. The molecule has 116 valence electrons. The summed E-state index contributed by atoms with van der Waals surface area (Å²) in [7, 11) is 3.29. The third-order valence-electron chi connectivity index (χ3n) is 4.25. The molecule has 0 aromatic carbocycles. The summed E-state index contributed by atoms with van der Waals surface area (Å²) in [4.78, 5) is 23.6. The normalized spacial score (nSPS) is 24.0. The first kappa shape index (κ1) is 15.3. The second-order valence-corrected chi connectivity index (χ2v) is 5.81. The average molecular weight is 295 g/mol. The van der Waals surface area contributed by atoms with Gasteiger partial charge in [-0.15, -0.1) is 5.10 Å². The van der Waals surface area contributed by atoms with Crippen molar-refractivity contribution < 1.29 is 19.4 Å². The summed E-state index contributed by atoms with van der Waals surface area (Å²) >= 11 is 0. The van der Waals surface area contributed by atoms with Crippen LogP contribution in [0.2, 0.25) is 0 Å². The molecule has 2 N–H and O–H groups in total. The van der Waals surface area contributed by atoms with Crippen molar-refractivity contribution in [3.05, 3.63) is 11.8 Å². The molecular weight excluding hydrogens is 274 g/mol. The molecule has 21 heavy (non-hydrogen) atoms. The lowest BCUT2D eigenvalue weighted by molar-refractivity contribution is -0.142. The van der Waals surface area contributed by atoms with E-state index in [-0.39, 0.29) is 18.4 Å². The summed E-state index contributed by atoms with van der Waals surface area (Å²) in [6.45, 7) is 4.04. The van der Waals surface area contributed by atoms with Crippen molar-refractivity contribution in [2.24, 2.45) is 24.3 Å². The number of carboxylic acids is 1. The van der Waals surface area contributed by atoms with Gasteiger partial charge in [0, 0.05) is 19.8 Å². The molecule has 0 radical (unpaired) electrons.